The Kier molecular flexibility index (Phi) is 7.62. The van der Waals surface area contributed by atoms with Gasteiger partial charge in [0, 0.05) is 25.6 Å². The number of ether oxygens (including phenoxy) is 1. The van der Waals surface area contributed by atoms with Gasteiger partial charge in [-0.05, 0) is 78.6 Å². The van der Waals surface area contributed by atoms with Crippen LogP contribution in [-0.4, -0.2) is 50.0 Å². The predicted octanol–water partition coefficient (Wildman–Crippen LogP) is 5.78. The summed E-state index contributed by atoms with van der Waals surface area (Å²) < 4.78 is 37.3. The summed E-state index contributed by atoms with van der Waals surface area (Å²) in [6.07, 6.45) is 3.67. The van der Waals surface area contributed by atoms with Gasteiger partial charge >= 0.3 is 5.97 Å². The molecular formula is C32H32F2N4O4. The van der Waals surface area contributed by atoms with Crippen LogP contribution in [0.3, 0.4) is 0 Å². The summed E-state index contributed by atoms with van der Waals surface area (Å²) in [6, 6.07) is 12.4. The van der Waals surface area contributed by atoms with E-state index in [0.717, 1.165) is 58.1 Å². The fraction of sp³-hybridized carbons (Fsp3) is 0.375. The van der Waals surface area contributed by atoms with Crippen LogP contribution < -0.4 is 4.74 Å². The van der Waals surface area contributed by atoms with Crippen molar-refractivity contribution in [1.29, 1.82) is 0 Å². The Morgan fingerprint density at radius 1 is 1.02 bits per heavy atom. The molecule has 0 saturated carbocycles. The first-order valence-electron chi connectivity index (χ1n) is 14.4. The molecule has 10 heteroatoms. The number of carbonyl (C=O) groups excluding carboxylic acids is 1. The third-order valence-corrected chi connectivity index (χ3v) is 8.47. The summed E-state index contributed by atoms with van der Waals surface area (Å²) in [5.41, 5.74) is 5.74. The normalized spacial score (nSPS) is 17.7. The highest BCUT2D eigenvalue weighted by Crippen LogP contribution is 2.35. The summed E-state index contributed by atoms with van der Waals surface area (Å²) in [6.45, 7) is 3.42. The number of amides is 1. The molecule has 8 nitrogen and oxygen atoms in total. The van der Waals surface area contributed by atoms with Crippen LogP contribution in [0.2, 0.25) is 0 Å². The van der Waals surface area contributed by atoms with Crippen molar-refractivity contribution in [3.63, 3.8) is 0 Å². The minimum absolute atomic E-state index is 0.124. The van der Waals surface area contributed by atoms with Crippen molar-refractivity contribution >= 4 is 22.9 Å². The molecule has 0 radical (unpaired) electrons. The predicted molar refractivity (Wildman–Crippen MR) is 152 cm³/mol. The number of aryl methyl sites for hydroxylation is 2. The van der Waals surface area contributed by atoms with Gasteiger partial charge in [-0.1, -0.05) is 35.9 Å². The van der Waals surface area contributed by atoms with Crippen LogP contribution in [0.4, 0.5) is 8.78 Å². The van der Waals surface area contributed by atoms with E-state index in [1.165, 1.54) is 17.0 Å². The SMILES string of the molecule is Cc1c2ccc3c1nnn3CCCCCCOc1ccc(c(F)c1F)C(=O)N1CCc3ccc(cc3C1)C2CC(=O)O. The number of rotatable bonds is 2. The first-order valence-corrected chi connectivity index (χ1v) is 14.4. The van der Waals surface area contributed by atoms with Gasteiger partial charge in [0.05, 0.1) is 24.1 Å². The summed E-state index contributed by atoms with van der Waals surface area (Å²) in [4.78, 5) is 26.9. The smallest absolute Gasteiger partial charge is 0.304 e. The van der Waals surface area contributed by atoms with Crippen LogP contribution in [0, 0.1) is 18.6 Å². The van der Waals surface area contributed by atoms with Gasteiger partial charge in [-0.25, -0.2) is 9.07 Å². The number of aliphatic carboxylic acids is 1. The third-order valence-electron chi connectivity index (χ3n) is 8.47. The van der Waals surface area contributed by atoms with E-state index in [1.54, 1.807) is 0 Å². The molecule has 5 aliphatic rings. The van der Waals surface area contributed by atoms with Crippen LogP contribution in [0.5, 0.6) is 5.75 Å². The second kappa shape index (κ2) is 11.5. The summed E-state index contributed by atoms with van der Waals surface area (Å²) in [7, 11) is 0. The highest BCUT2D eigenvalue weighted by Gasteiger charge is 2.28. The maximum Gasteiger partial charge on any atom is 0.304 e. The highest BCUT2D eigenvalue weighted by molar-refractivity contribution is 5.95. The third kappa shape index (κ3) is 5.21. The van der Waals surface area contributed by atoms with Crippen molar-refractivity contribution in [2.75, 3.05) is 13.2 Å². The van der Waals surface area contributed by atoms with Crippen LogP contribution in [0.15, 0.2) is 42.5 Å². The molecule has 1 unspecified atom stereocenters. The van der Waals surface area contributed by atoms with Crippen molar-refractivity contribution in [3.8, 4) is 5.75 Å². The Morgan fingerprint density at radius 2 is 1.86 bits per heavy atom. The average molecular weight is 575 g/mol. The molecule has 5 aliphatic heterocycles. The van der Waals surface area contributed by atoms with Crippen LogP contribution in [0.1, 0.15) is 76.2 Å². The van der Waals surface area contributed by atoms with Gasteiger partial charge in [0.1, 0.15) is 5.52 Å². The van der Waals surface area contributed by atoms with Crippen molar-refractivity contribution in [2.24, 2.45) is 0 Å². The Morgan fingerprint density at radius 3 is 2.69 bits per heavy atom. The molecule has 9 rings (SSSR count). The molecule has 1 N–H and O–H groups in total. The lowest BCUT2D eigenvalue weighted by molar-refractivity contribution is -0.137. The second-order valence-corrected chi connectivity index (χ2v) is 11.1. The maximum atomic E-state index is 15.1. The van der Waals surface area contributed by atoms with E-state index in [2.05, 4.69) is 10.3 Å². The number of hydrogen-bond acceptors (Lipinski definition) is 5. The fourth-order valence-corrected chi connectivity index (χ4v) is 6.15. The minimum Gasteiger partial charge on any atom is -0.490 e. The number of aromatic nitrogens is 3. The average Bonchev–Trinajstić information content (AvgIpc) is 3.40. The Hall–Kier alpha value is -4.34. The summed E-state index contributed by atoms with van der Waals surface area (Å²) in [5, 5.41) is 18.7. The Balaban J connectivity index is 1.41. The number of carboxylic acids is 1. The molecule has 9 bridgehead atoms. The zero-order valence-corrected chi connectivity index (χ0v) is 23.4. The molecular weight excluding hydrogens is 542 g/mol. The van der Waals surface area contributed by atoms with Crippen LogP contribution in [0.25, 0.3) is 11.0 Å². The van der Waals surface area contributed by atoms with E-state index >= 15 is 4.39 Å². The molecule has 218 valence electrons. The molecule has 0 fully saturated rings. The molecule has 4 aromatic rings. The van der Waals surface area contributed by atoms with E-state index in [4.69, 9.17) is 4.74 Å². The van der Waals surface area contributed by atoms with Crippen LogP contribution in [-0.2, 0) is 24.3 Å². The number of benzene rings is 3. The van der Waals surface area contributed by atoms with Gasteiger partial charge in [0.15, 0.2) is 11.6 Å². The highest BCUT2D eigenvalue weighted by atomic mass is 19.2. The van der Waals surface area contributed by atoms with Gasteiger partial charge in [0.25, 0.3) is 5.91 Å². The lowest BCUT2D eigenvalue weighted by atomic mass is 9.83. The number of halogens is 2. The molecule has 0 aliphatic carbocycles. The van der Waals surface area contributed by atoms with Crippen LogP contribution >= 0.6 is 0 Å². The van der Waals surface area contributed by atoms with Gasteiger partial charge in [-0.15, -0.1) is 5.10 Å². The zero-order valence-electron chi connectivity index (χ0n) is 23.4. The fourth-order valence-electron chi connectivity index (χ4n) is 6.15. The monoisotopic (exact) mass is 574 g/mol. The first-order chi connectivity index (χ1) is 20.3. The molecule has 1 aromatic heterocycles. The molecule has 42 heavy (non-hydrogen) atoms. The van der Waals surface area contributed by atoms with E-state index in [9.17, 15) is 19.1 Å². The standard InChI is InChI=1S/C32H32F2N4O4/c1-19-23-8-10-26-31(19)35-36-38(26)13-4-2-3-5-15-42-27-11-9-24(29(33)30(27)34)32(41)37-14-12-20-6-7-21(16-22(20)18-37)25(23)17-28(39)40/h6-11,16,25H,2-5,12-15,17-18H2,1H3,(H,39,40). The summed E-state index contributed by atoms with van der Waals surface area (Å²) in [5.74, 6) is -4.56. The topological polar surface area (TPSA) is 97.5 Å². The largest absolute Gasteiger partial charge is 0.490 e. The van der Waals surface area contributed by atoms with Gasteiger partial charge < -0.3 is 14.7 Å². The van der Waals surface area contributed by atoms with E-state index in [-0.39, 0.29) is 30.9 Å². The van der Waals surface area contributed by atoms with E-state index in [1.807, 2.05) is 41.9 Å². The van der Waals surface area contributed by atoms with Gasteiger partial charge in [0.2, 0.25) is 5.82 Å². The van der Waals surface area contributed by atoms with E-state index < -0.39 is 29.4 Å². The number of nitrogens with zero attached hydrogens (tertiary/aromatic N) is 4. The number of carboxylic acid groups (broad SMARTS) is 1. The maximum absolute atomic E-state index is 15.1. The molecule has 0 saturated heterocycles. The lowest BCUT2D eigenvalue weighted by Gasteiger charge is -2.30. The molecule has 0 spiro atoms. The minimum atomic E-state index is -1.21. The first kappa shape index (κ1) is 27.8. The Labute approximate surface area is 241 Å². The zero-order chi connectivity index (χ0) is 29.4. The molecule has 1 amide bonds. The van der Waals surface area contributed by atoms with Crippen molar-refractivity contribution < 1.29 is 28.2 Å². The van der Waals surface area contributed by atoms with E-state index in [0.29, 0.717) is 25.9 Å². The Bertz CT molecular complexity index is 1690. The van der Waals surface area contributed by atoms with Crippen molar-refractivity contribution in [2.45, 2.75) is 64.5 Å². The second-order valence-electron chi connectivity index (χ2n) is 11.1. The van der Waals surface area contributed by atoms with Crippen molar-refractivity contribution in [3.05, 3.63) is 87.5 Å². The van der Waals surface area contributed by atoms with Gasteiger partial charge in [-0.3, -0.25) is 9.59 Å². The lowest BCUT2D eigenvalue weighted by Crippen LogP contribution is -2.36. The molecule has 3 aromatic carbocycles. The van der Waals surface area contributed by atoms with Gasteiger partial charge in [-0.2, -0.15) is 4.39 Å². The summed E-state index contributed by atoms with van der Waals surface area (Å²) >= 11 is 0. The number of hydrogen-bond donors (Lipinski definition) is 1. The van der Waals surface area contributed by atoms with Crippen molar-refractivity contribution in [1.82, 2.24) is 19.9 Å². The molecule has 6 heterocycles. The quantitative estimate of drug-likeness (QED) is 0.326. The molecule has 1 atom stereocenters. The number of carbonyl (C=O) groups is 2.